The average molecular weight is 509 g/mol. The topological polar surface area (TPSA) is 59.5 Å². The highest BCUT2D eigenvalue weighted by Crippen LogP contribution is 2.42. The molecule has 0 spiro atoms. The number of alkyl halides is 3. The lowest BCUT2D eigenvalue weighted by Gasteiger charge is -2.28. The number of nitrogens with one attached hydrogen (secondary N) is 1. The molecule has 1 aliphatic carbocycles. The molecule has 36 heavy (non-hydrogen) atoms. The normalized spacial score (nSPS) is 25.3. The molecule has 1 saturated carbocycles. The van der Waals surface area contributed by atoms with Crippen LogP contribution >= 0.6 is 0 Å². The van der Waals surface area contributed by atoms with Crippen molar-refractivity contribution in [3.63, 3.8) is 0 Å². The van der Waals surface area contributed by atoms with Crippen molar-refractivity contribution < 1.29 is 27.0 Å². The fourth-order valence-electron chi connectivity index (χ4n) is 6.07. The second kappa shape index (κ2) is 10.6. The van der Waals surface area contributed by atoms with Crippen molar-refractivity contribution in [3.05, 3.63) is 41.2 Å². The van der Waals surface area contributed by atoms with E-state index in [1.54, 1.807) is 0 Å². The lowest BCUT2D eigenvalue weighted by atomic mass is 10.00. The van der Waals surface area contributed by atoms with Crippen LogP contribution in [0.5, 0.6) is 0 Å². The second-order valence-electron chi connectivity index (χ2n) is 10.3. The number of aromatic nitrogens is 2. The van der Waals surface area contributed by atoms with Crippen LogP contribution in [0.3, 0.4) is 0 Å². The van der Waals surface area contributed by atoms with E-state index >= 15 is 0 Å². The van der Waals surface area contributed by atoms with Gasteiger partial charge in [-0.05, 0) is 67.2 Å². The predicted molar refractivity (Wildman–Crippen MR) is 127 cm³/mol. The third kappa shape index (κ3) is 5.65. The van der Waals surface area contributed by atoms with Crippen LogP contribution in [0.25, 0.3) is 11.3 Å². The van der Waals surface area contributed by atoms with Gasteiger partial charge in [0.15, 0.2) is 5.82 Å². The van der Waals surface area contributed by atoms with Crippen molar-refractivity contribution in [1.82, 2.24) is 15.1 Å². The fourth-order valence-corrected chi connectivity index (χ4v) is 6.07. The standard InChI is InChI=1S/C26H32F4N4O2/c1-35-15-17-2-3-20(27)10-22(17)24-11-23(26(28,29)30)25(33-32-24)31-21-8-18-13-34(14-19(18)9-21)12-16-4-6-36-7-5-16/h2-3,10-11,16,18-19,21H,4-9,12-15H2,1H3,(H,31,33)/t18-,19+,21?. The molecule has 0 amide bonds. The maximum atomic E-state index is 14.0. The van der Waals surface area contributed by atoms with E-state index < -0.39 is 17.6 Å². The number of hydrogen-bond donors (Lipinski definition) is 1. The van der Waals surface area contributed by atoms with Crippen LogP contribution in [-0.2, 0) is 22.3 Å². The Morgan fingerprint density at radius 1 is 1.08 bits per heavy atom. The first kappa shape index (κ1) is 25.4. The van der Waals surface area contributed by atoms with Gasteiger partial charge < -0.3 is 19.7 Å². The number of nitrogens with zero attached hydrogens (tertiary/aromatic N) is 3. The van der Waals surface area contributed by atoms with Crippen molar-refractivity contribution in [2.24, 2.45) is 17.8 Å². The summed E-state index contributed by atoms with van der Waals surface area (Å²) >= 11 is 0. The highest BCUT2D eigenvalue weighted by Gasteiger charge is 2.43. The molecule has 2 saturated heterocycles. The zero-order chi connectivity index (χ0) is 25.3. The molecule has 3 aliphatic rings. The number of hydrogen-bond acceptors (Lipinski definition) is 6. The molecular formula is C26H32F4N4O2. The van der Waals surface area contributed by atoms with Crippen LogP contribution < -0.4 is 5.32 Å². The minimum absolute atomic E-state index is 0.0357. The number of rotatable bonds is 7. The molecule has 6 nitrogen and oxygen atoms in total. The van der Waals surface area contributed by atoms with Gasteiger partial charge >= 0.3 is 6.18 Å². The third-order valence-corrected chi connectivity index (χ3v) is 7.77. The summed E-state index contributed by atoms with van der Waals surface area (Å²) in [4.78, 5) is 2.52. The molecule has 2 aliphatic heterocycles. The molecular weight excluding hydrogens is 476 g/mol. The maximum Gasteiger partial charge on any atom is 0.420 e. The zero-order valence-electron chi connectivity index (χ0n) is 20.4. The number of fused-ring (bicyclic) bond motifs is 1. The number of benzene rings is 1. The van der Waals surface area contributed by atoms with E-state index in [2.05, 4.69) is 20.4 Å². The van der Waals surface area contributed by atoms with Gasteiger partial charge in [0.25, 0.3) is 0 Å². The van der Waals surface area contributed by atoms with Gasteiger partial charge in [0, 0.05) is 51.6 Å². The van der Waals surface area contributed by atoms with E-state index in [1.165, 1.54) is 19.2 Å². The summed E-state index contributed by atoms with van der Waals surface area (Å²) in [6, 6.07) is 4.76. The van der Waals surface area contributed by atoms with E-state index in [9.17, 15) is 17.6 Å². The molecule has 1 unspecified atom stereocenters. The molecule has 1 aromatic carbocycles. The molecule has 3 atom stereocenters. The highest BCUT2D eigenvalue weighted by atomic mass is 19.4. The Labute approximate surface area is 208 Å². The first-order chi connectivity index (χ1) is 17.3. The summed E-state index contributed by atoms with van der Waals surface area (Å²) in [5.41, 5.74) is -0.151. The van der Waals surface area contributed by atoms with Gasteiger partial charge in [0.05, 0.1) is 12.3 Å². The van der Waals surface area contributed by atoms with Gasteiger partial charge in [0.1, 0.15) is 11.4 Å². The SMILES string of the molecule is COCc1ccc(F)cc1-c1cc(C(F)(F)F)c(NC2C[C@@H]3CN(CC4CCOCC4)C[C@@H]3C2)nn1. The Hall–Kier alpha value is -2.30. The van der Waals surface area contributed by atoms with Crippen LogP contribution in [0.1, 0.15) is 36.8 Å². The van der Waals surface area contributed by atoms with E-state index in [-0.39, 0.29) is 29.7 Å². The smallest absolute Gasteiger partial charge is 0.381 e. The molecule has 3 fully saturated rings. The van der Waals surface area contributed by atoms with E-state index in [1.807, 2.05) is 0 Å². The second-order valence-corrected chi connectivity index (χ2v) is 10.3. The van der Waals surface area contributed by atoms with Gasteiger partial charge in [-0.25, -0.2) is 4.39 Å². The third-order valence-electron chi connectivity index (χ3n) is 7.77. The molecule has 196 valence electrons. The number of likely N-dealkylation sites (tertiary alicyclic amines) is 1. The molecule has 3 heterocycles. The Morgan fingerprint density at radius 2 is 1.81 bits per heavy atom. The summed E-state index contributed by atoms with van der Waals surface area (Å²) in [6.07, 6.45) is -0.785. The van der Waals surface area contributed by atoms with Crippen LogP contribution in [-0.4, -0.2) is 61.1 Å². The first-order valence-corrected chi connectivity index (χ1v) is 12.6. The molecule has 1 N–H and O–H groups in total. The minimum Gasteiger partial charge on any atom is -0.381 e. The Balaban J connectivity index is 1.28. The van der Waals surface area contributed by atoms with Crippen LogP contribution in [0.4, 0.5) is 23.4 Å². The quantitative estimate of drug-likeness (QED) is 0.532. The van der Waals surface area contributed by atoms with Gasteiger partial charge in [0.2, 0.25) is 0 Å². The zero-order valence-corrected chi connectivity index (χ0v) is 20.4. The number of anilines is 1. The molecule has 2 aromatic rings. The van der Waals surface area contributed by atoms with E-state index in [0.29, 0.717) is 23.3 Å². The van der Waals surface area contributed by atoms with Crippen molar-refractivity contribution in [2.45, 2.75) is 44.5 Å². The van der Waals surface area contributed by atoms with Crippen LogP contribution in [0.2, 0.25) is 0 Å². The largest absolute Gasteiger partial charge is 0.420 e. The summed E-state index contributed by atoms with van der Waals surface area (Å²) in [7, 11) is 1.47. The monoisotopic (exact) mass is 508 g/mol. The van der Waals surface area contributed by atoms with Gasteiger partial charge in [-0.3, -0.25) is 0 Å². The lowest BCUT2D eigenvalue weighted by Crippen LogP contribution is -2.32. The summed E-state index contributed by atoms with van der Waals surface area (Å²) in [5, 5.41) is 11.0. The number of halogens is 4. The lowest BCUT2D eigenvalue weighted by molar-refractivity contribution is -0.137. The highest BCUT2D eigenvalue weighted by molar-refractivity contribution is 5.66. The maximum absolute atomic E-state index is 14.0. The van der Waals surface area contributed by atoms with E-state index in [4.69, 9.17) is 9.47 Å². The minimum atomic E-state index is -4.63. The Morgan fingerprint density at radius 3 is 2.47 bits per heavy atom. The van der Waals surface area contributed by atoms with Crippen LogP contribution in [0, 0.1) is 23.6 Å². The predicted octanol–water partition coefficient (Wildman–Crippen LogP) is 5.00. The average Bonchev–Trinajstić information content (AvgIpc) is 3.38. The Bertz CT molecular complexity index is 1050. The fraction of sp³-hybridized carbons (Fsp3) is 0.615. The summed E-state index contributed by atoms with van der Waals surface area (Å²) in [6.45, 7) is 4.88. The first-order valence-electron chi connectivity index (χ1n) is 12.6. The molecule has 5 rings (SSSR count). The number of ether oxygens (including phenoxy) is 2. The van der Waals surface area contributed by atoms with Crippen molar-refractivity contribution >= 4 is 5.82 Å². The summed E-state index contributed by atoms with van der Waals surface area (Å²) in [5.74, 6) is 0.809. The summed E-state index contributed by atoms with van der Waals surface area (Å²) < 4.78 is 66.6. The number of methoxy groups -OCH3 is 1. The van der Waals surface area contributed by atoms with Crippen molar-refractivity contribution in [3.8, 4) is 11.3 Å². The van der Waals surface area contributed by atoms with Crippen molar-refractivity contribution in [2.75, 3.05) is 45.3 Å². The van der Waals surface area contributed by atoms with Crippen LogP contribution in [0.15, 0.2) is 24.3 Å². The molecule has 1 aromatic heterocycles. The van der Waals surface area contributed by atoms with Gasteiger partial charge in [-0.1, -0.05) is 6.07 Å². The van der Waals surface area contributed by atoms with Crippen molar-refractivity contribution in [1.29, 1.82) is 0 Å². The molecule has 0 bridgehead atoms. The molecule has 0 radical (unpaired) electrons. The van der Waals surface area contributed by atoms with E-state index in [0.717, 1.165) is 70.7 Å². The van der Waals surface area contributed by atoms with Gasteiger partial charge in [-0.2, -0.15) is 13.2 Å². The molecule has 10 heteroatoms. The van der Waals surface area contributed by atoms with Gasteiger partial charge in [-0.15, -0.1) is 10.2 Å². The Kier molecular flexibility index (Phi) is 7.46.